The van der Waals surface area contributed by atoms with Gasteiger partial charge in [-0.3, -0.25) is 4.90 Å². The van der Waals surface area contributed by atoms with E-state index in [1.807, 2.05) is 18.2 Å². The van der Waals surface area contributed by atoms with Gasteiger partial charge in [-0.1, -0.05) is 22.0 Å². The summed E-state index contributed by atoms with van der Waals surface area (Å²) in [6.07, 6.45) is 1.26. The van der Waals surface area contributed by atoms with Gasteiger partial charge in [0.2, 0.25) is 10.0 Å². The van der Waals surface area contributed by atoms with Gasteiger partial charge in [0.1, 0.15) is 5.75 Å². The predicted molar refractivity (Wildman–Crippen MR) is 82.4 cm³/mol. The summed E-state index contributed by atoms with van der Waals surface area (Å²) in [6, 6.07) is 5.87. The van der Waals surface area contributed by atoms with Crippen LogP contribution in [0.25, 0.3) is 0 Å². The molecule has 0 atom stereocenters. The lowest BCUT2D eigenvalue weighted by atomic mass is 10.2. The van der Waals surface area contributed by atoms with Crippen molar-refractivity contribution in [1.82, 2.24) is 9.21 Å². The molecule has 0 unspecified atom stereocenters. The van der Waals surface area contributed by atoms with Crippen molar-refractivity contribution in [2.24, 2.45) is 0 Å². The normalized spacial score (nSPS) is 18.1. The summed E-state index contributed by atoms with van der Waals surface area (Å²) >= 11 is 3.55. The molecule has 0 aliphatic carbocycles. The van der Waals surface area contributed by atoms with Crippen LogP contribution in [-0.2, 0) is 16.6 Å². The minimum absolute atomic E-state index is 0.547. The van der Waals surface area contributed by atoms with Crippen LogP contribution in [0.2, 0.25) is 0 Å². The maximum Gasteiger partial charge on any atom is 0.211 e. The van der Waals surface area contributed by atoms with Gasteiger partial charge in [0.15, 0.2) is 0 Å². The molecule has 20 heavy (non-hydrogen) atoms. The Morgan fingerprint density at radius 2 is 1.90 bits per heavy atom. The molecule has 1 aromatic rings. The summed E-state index contributed by atoms with van der Waals surface area (Å²) in [5.41, 5.74) is 1.10. The molecule has 1 heterocycles. The van der Waals surface area contributed by atoms with Crippen LogP contribution in [0.3, 0.4) is 0 Å². The molecule has 0 radical (unpaired) electrons. The zero-order valence-electron chi connectivity index (χ0n) is 11.7. The SMILES string of the molecule is COc1cccc(Br)c1CN1CCN(S(C)(=O)=O)CC1. The van der Waals surface area contributed by atoms with Gasteiger partial charge in [-0.05, 0) is 12.1 Å². The first-order chi connectivity index (χ1) is 9.41. The highest BCUT2D eigenvalue weighted by Crippen LogP contribution is 2.28. The van der Waals surface area contributed by atoms with Crippen LogP contribution in [0, 0.1) is 0 Å². The maximum atomic E-state index is 11.5. The highest BCUT2D eigenvalue weighted by molar-refractivity contribution is 9.10. The summed E-state index contributed by atoms with van der Waals surface area (Å²) in [5, 5.41) is 0. The third kappa shape index (κ3) is 3.72. The molecule has 0 aromatic heterocycles. The molecule has 0 N–H and O–H groups in total. The number of hydrogen-bond donors (Lipinski definition) is 0. The van der Waals surface area contributed by atoms with Crippen LogP contribution in [0.4, 0.5) is 0 Å². The summed E-state index contributed by atoms with van der Waals surface area (Å²) in [4.78, 5) is 2.24. The van der Waals surface area contributed by atoms with Crippen LogP contribution in [-0.4, -0.2) is 57.2 Å². The van der Waals surface area contributed by atoms with Crippen LogP contribution in [0.15, 0.2) is 22.7 Å². The summed E-state index contributed by atoms with van der Waals surface area (Å²) in [5.74, 6) is 0.852. The Labute approximate surface area is 128 Å². The van der Waals surface area contributed by atoms with E-state index in [1.165, 1.54) is 10.6 Å². The van der Waals surface area contributed by atoms with Crippen LogP contribution >= 0.6 is 15.9 Å². The van der Waals surface area contributed by atoms with E-state index in [4.69, 9.17) is 4.74 Å². The number of benzene rings is 1. The van der Waals surface area contributed by atoms with Crippen molar-refractivity contribution in [3.05, 3.63) is 28.2 Å². The minimum Gasteiger partial charge on any atom is -0.496 e. The van der Waals surface area contributed by atoms with Crippen molar-refractivity contribution in [1.29, 1.82) is 0 Å². The molecule has 0 saturated carbocycles. The van der Waals surface area contributed by atoms with E-state index < -0.39 is 10.0 Å². The maximum absolute atomic E-state index is 11.5. The quantitative estimate of drug-likeness (QED) is 0.814. The third-order valence-electron chi connectivity index (χ3n) is 3.48. The molecule has 1 aliphatic rings. The first-order valence-corrected chi connectivity index (χ1v) is 9.05. The molecule has 112 valence electrons. The van der Waals surface area contributed by atoms with Crippen molar-refractivity contribution < 1.29 is 13.2 Å². The summed E-state index contributed by atoms with van der Waals surface area (Å²) < 4.78 is 30.9. The van der Waals surface area contributed by atoms with Crippen LogP contribution in [0.5, 0.6) is 5.75 Å². The van der Waals surface area contributed by atoms with Gasteiger partial charge in [-0.15, -0.1) is 0 Å². The fraction of sp³-hybridized carbons (Fsp3) is 0.538. The molecule has 0 amide bonds. The zero-order chi connectivity index (χ0) is 14.8. The molecule has 1 aliphatic heterocycles. The van der Waals surface area contributed by atoms with E-state index >= 15 is 0 Å². The molecule has 5 nitrogen and oxygen atoms in total. The second kappa shape index (κ2) is 6.43. The smallest absolute Gasteiger partial charge is 0.211 e. The molecule has 0 bridgehead atoms. The van der Waals surface area contributed by atoms with E-state index in [-0.39, 0.29) is 0 Å². The van der Waals surface area contributed by atoms with Crippen molar-refractivity contribution in [3.63, 3.8) is 0 Å². The number of rotatable bonds is 4. The molecular formula is C13H19BrN2O3S. The Bertz CT molecular complexity index is 569. The molecule has 1 fully saturated rings. The molecule has 7 heteroatoms. The fourth-order valence-electron chi connectivity index (χ4n) is 2.33. The van der Waals surface area contributed by atoms with Crippen LogP contribution in [0.1, 0.15) is 5.56 Å². The highest BCUT2D eigenvalue weighted by Gasteiger charge is 2.24. The highest BCUT2D eigenvalue weighted by atomic mass is 79.9. The van der Waals surface area contributed by atoms with Gasteiger partial charge in [0.25, 0.3) is 0 Å². The van der Waals surface area contributed by atoms with Crippen molar-refractivity contribution >= 4 is 26.0 Å². The number of nitrogens with zero attached hydrogens (tertiary/aromatic N) is 2. The lowest BCUT2D eigenvalue weighted by molar-refractivity contribution is 0.180. The van der Waals surface area contributed by atoms with E-state index in [9.17, 15) is 8.42 Å². The number of halogens is 1. The molecule has 1 aromatic carbocycles. The number of piperazine rings is 1. The third-order valence-corrected chi connectivity index (χ3v) is 5.52. The van der Waals surface area contributed by atoms with Crippen LogP contribution < -0.4 is 4.74 Å². The Balaban J connectivity index is 2.03. The first kappa shape index (κ1) is 15.8. The monoisotopic (exact) mass is 362 g/mol. The number of methoxy groups -OCH3 is 1. The van der Waals surface area contributed by atoms with Gasteiger partial charge in [0.05, 0.1) is 13.4 Å². The van der Waals surface area contributed by atoms with Gasteiger partial charge in [-0.25, -0.2) is 8.42 Å². The van der Waals surface area contributed by atoms with E-state index in [1.54, 1.807) is 7.11 Å². The van der Waals surface area contributed by atoms with Crippen molar-refractivity contribution in [2.45, 2.75) is 6.54 Å². The topological polar surface area (TPSA) is 49.9 Å². The van der Waals surface area contributed by atoms with Crippen molar-refractivity contribution in [2.75, 3.05) is 39.5 Å². The number of sulfonamides is 1. The van der Waals surface area contributed by atoms with Gasteiger partial charge >= 0.3 is 0 Å². The zero-order valence-corrected chi connectivity index (χ0v) is 14.1. The standard InChI is InChI=1S/C13H19BrN2O3S/c1-19-13-5-3-4-12(14)11(13)10-15-6-8-16(9-7-15)20(2,17)18/h3-5H,6-10H2,1-2H3. The summed E-state index contributed by atoms with van der Waals surface area (Å²) in [6.45, 7) is 3.31. The Hall–Kier alpha value is -0.630. The van der Waals surface area contributed by atoms with Gasteiger partial charge in [0, 0.05) is 42.8 Å². The average molecular weight is 363 g/mol. The fourth-order valence-corrected chi connectivity index (χ4v) is 3.63. The lowest BCUT2D eigenvalue weighted by Crippen LogP contribution is -2.47. The van der Waals surface area contributed by atoms with Crippen molar-refractivity contribution in [3.8, 4) is 5.75 Å². The second-order valence-electron chi connectivity index (χ2n) is 4.86. The average Bonchev–Trinajstić information content (AvgIpc) is 2.40. The number of hydrogen-bond acceptors (Lipinski definition) is 4. The first-order valence-electron chi connectivity index (χ1n) is 6.40. The van der Waals surface area contributed by atoms with E-state index in [2.05, 4.69) is 20.8 Å². The molecule has 1 saturated heterocycles. The van der Waals surface area contributed by atoms with Gasteiger partial charge < -0.3 is 4.74 Å². The minimum atomic E-state index is -3.07. The largest absolute Gasteiger partial charge is 0.496 e. The Kier molecular flexibility index (Phi) is 5.06. The lowest BCUT2D eigenvalue weighted by Gasteiger charge is -2.33. The summed E-state index contributed by atoms with van der Waals surface area (Å²) in [7, 11) is -1.41. The second-order valence-corrected chi connectivity index (χ2v) is 7.70. The number of ether oxygens (including phenoxy) is 1. The Morgan fingerprint density at radius 1 is 1.25 bits per heavy atom. The molecule has 2 rings (SSSR count). The van der Waals surface area contributed by atoms with Gasteiger partial charge in [-0.2, -0.15) is 4.31 Å². The van der Waals surface area contributed by atoms with E-state index in [0.717, 1.165) is 35.4 Å². The molecular weight excluding hydrogens is 344 g/mol. The predicted octanol–water partition coefficient (Wildman–Crippen LogP) is 1.53. The molecule has 0 spiro atoms. The van der Waals surface area contributed by atoms with E-state index in [0.29, 0.717) is 13.1 Å². The Morgan fingerprint density at radius 3 is 2.45 bits per heavy atom.